The Morgan fingerprint density at radius 2 is 1.88 bits per heavy atom. The van der Waals surface area contributed by atoms with Crippen molar-refractivity contribution in [2.45, 2.75) is 39.2 Å². The van der Waals surface area contributed by atoms with E-state index in [4.69, 9.17) is 0 Å². The molecule has 0 aliphatic heterocycles. The molecule has 0 aliphatic rings. The Hall–Kier alpha value is -0.960. The molecule has 0 heterocycles. The van der Waals surface area contributed by atoms with E-state index in [0.29, 0.717) is 12.0 Å². The van der Waals surface area contributed by atoms with Gasteiger partial charge < -0.3 is 5.32 Å². The summed E-state index contributed by atoms with van der Waals surface area (Å²) in [6.45, 7) is 7.04. The molecule has 1 aromatic rings. The standard InChI is InChI=1S/C13H19F2N/c1-13(2,3)16-8-4-5-10-9-11(14)6-7-12(10)15/h6-7,9,16H,4-5,8H2,1-3H3. The molecule has 0 aromatic heterocycles. The van der Waals surface area contributed by atoms with Gasteiger partial charge in [-0.3, -0.25) is 0 Å². The van der Waals surface area contributed by atoms with Gasteiger partial charge in [-0.25, -0.2) is 8.78 Å². The zero-order valence-corrected chi connectivity index (χ0v) is 10.1. The SMILES string of the molecule is CC(C)(C)NCCCc1cc(F)ccc1F. The normalized spacial score (nSPS) is 11.8. The zero-order chi connectivity index (χ0) is 12.2. The van der Waals surface area contributed by atoms with Crippen LogP contribution in [0.2, 0.25) is 0 Å². The van der Waals surface area contributed by atoms with Crippen molar-refractivity contribution in [3.8, 4) is 0 Å². The number of nitrogens with one attached hydrogen (secondary N) is 1. The monoisotopic (exact) mass is 227 g/mol. The molecule has 0 amide bonds. The van der Waals surface area contributed by atoms with Gasteiger partial charge in [-0.15, -0.1) is 0 Å². The van der Waals surface area contributed by atoms with Gasteiger partial charge in [0.05, 0.1) is 0 Å². The molecular weight excluding hydrogens is 208 g/mol. The molecule has 90 valence electrons. The largest absolute Gasteiger partial charge is 0.312 e. The Balaban J connectivity index is 2.40. The van der Waals surface area contributed by atoms with Crippen LogP contribution in [-0.2, 0) is 6.42 Å². The van der Waals surface area contributed by atoms with E-state index in [1.54, 1.807) is 0 Å². The van der Waals surface area contributed by atoms with E-state index in [0.717, 1.165) is 19.0 Å². The van der Waals surface area contributed by atoms with Crippen LogP contribution in [0.25, 0.3) is 0 Å². The highest BCUT2D eigenvalue weighted by Crippen LogP contribution is 2.11. The highest BCUT2D eigenvalue weighted by atomic mass is 19.1. The number of rotatable bonds is 4. The van der Waals surface area contributed by atoms with E-state index >= 15 is 0 Å². The molecule has 0 saturated carbocycles. The summed E-state index contributed by atoms with van der Waals surface area (Å²) >= 11 is 0. The van der Waals surface area contributed by atoms with Gasteiger partial charge in [0, 0.05) is 5.54 Å². The maximum Gasteiger partial charge on any atom is 0.126 e. The molecule has 0 fully saturated rings. The van der Waals surface area contributed by atoms with E-state index in [1.807, 2.05) is 0 Å². The third kappa shape index (κ3) is 4.71. The molecule has 3 heteroatoms. The summed E-state index contributed by atoms with van der Waals surface area (Å²) in [7, 11) is 0. The van der Waals surface area contributed by atoms with Crippen molar-refractivity contribution in [1.82, 2.24) is 5.32 Å². The molecule has 16 heavy (non-hydrogen) atoms. The third-order valence-corrected chi connectivity index (χ3v) is 2.29. The second-order valence-corrected chi connectivity index (χ2v) is 5.02. The van der Waals surface area contributed by atoms with Gasteiger partial charge >= 0.3 is 0 Å². The second-order valence-electron chi connectivity index (χ2n) is 5.02. The smallest absolute Gasteiger partial charge is 0.126 e. The fraction of sp³-hybridized carbons (Fsp3) is 0.538. The van der Waals surface area contributed by atoms with E-state index < -0.39 is 0 Å². The minimum absolute atomic E-state index is 0.0699. The second kappa shape index (κ2) is 5.39. The molecule has 0 aliphatic carbocycles. The Morgan fingerprint density at radius 3 is 2.50 bits per heavy atom. The lowest BCUT2D eigenvalue weighted by Gasteiger charge is -2.20. The van der Waals surface area contributed by atoms with Gasteiger partial charge in [-0.1, -0.05) is 0 Å². The average molecular weight is 227 g/mol. The Morgan fingerprint density at radius 1 is 1.19 bits per heavy atom. The maximum atomic E-state index is 13.2. The zero-order valence-electron chi connectivity index (χ0n) is 10.1. The first-order chi connectivity index (χ1) is 7.38. The van der Waals surface area contributed by atoms with Crippen LogP contribution in [0.5, 0.6) is 0 Å². The quantitative estimate of drug-likeness (QED) is 0.778. The Kier molecular flexibility index (Phi) is 4.42. The molecule has 1 N–H and O–H groups in total. The van der Waals surface area contributed by atoms with Crippen molar-refractivity contribution in [1.29, 1.82) is 0 Å². The van der Waals surface area contributed by atoms with E-state index in [1.165, 1.54) is 12.1 Å². The molecule has 0 bridgehead atoms. The van der Waals surface area contributed by atoms with Crippen molar-refractivity contribution < 1.29 is 8.78 Å². The van der Waals surface area contributed by atoms with Crippen LogP contribution in [0.15, 0.2) is 18.2 Å². The van der Waals surface area contributed by atoms with E-state index in [2.05, 4.69) is 26.1 Å². The number of benzene rings is 1. The predicted octanol–water partition coefficient (Wildman–Crippen LogP) is 3.29. The number of hydrogen-bond acceptors (Lipinski definition) is 1. The molecule has 0 spiro atoms. The number of hydrogen-bond donors (Lipinski definition) is 1. The first kappa shape index (κ1) is 13.1. The summed E-state index contributed by atoms with van der Waals surface area (Å²) < 4.78 is 26.1. The van der Waals surface area contributed by atoms with Gasteiger partial charge in [-0.2, -0.15) is 0 Å². The predicted molar refractivity (Wildman–Crippen MR) is 62.4 cm³/mol. The lowest BCUT2D eigenvalue weighted by Crippen LogP contribution is -2.36. The molecule has 1 rings (SSSR count). The van der Waals surface area contributed by atoms with Crippen molar-refractivity contribution in [2.24, 2.45) is 0 Å². The van der Waals surface area contributed by atoms with Crippen LogP contribution in [0.1, 0.15) is 32.8 Å². The van der Waals surface area contributed by atoms with Crippen molar-refractivity contribution in [3.05, 3.63) is 35.4 Å². The topological polar surface area (TPSA) is 12.0 Å². The molecule has 1 nitrogen and oxygen atoms in total. The summed E-state index contributed by atoms with van der Waals surface area (Å²) in [5.41, 5.74) is 0.524. The molecular formula is C13H19F2N. The lowest BCUT2D eigenvalue weighted by atomic mass is 10.1. The van der Waals surface area contributed by atoms with Gasteiger partial charge in [-0.05, 0) is 63.9 Å². The summed E-state index contributed by atoms with van der Waals surface area (Å²) in [5, 5.41) is 3.31. The lowest BCUT2D eigenvalue weighted by molar-refractivity contribution is 0.421. The van der Waals surface area contributed by atoms with Crippen molar-refractivity contribution in [2.75, 3.05) is 6.54 Å². The van der Waals surface area contributed by atoms with Crippen LogP contribution in [0.4, 0.5) is 8.78 Å². The van der Waals surface area contributed by atoms with Crippen LogP contribution < -0.4 is 5.32 Å². The first-order valence-electron chi connectivity index (χ1n) is 5.57. The molecule has 0 saturated heterocycles. The average Bonchev–Trinajstić information content (AvgIpc) is 2.16. The minimum atomic E-state index is -0.375. The summed E-state index contributed by atoms with van der Waals surface area (Å²) in [4.78, 5) is 0. The third-order valence-electron chi connectivity index (χ3n) is 2.29. The van der Waals surface area contributed by atoms with Crippen molar-refractivity contribution in [3.63, 3.8) is 0 Å². The van der Waals surface area contributed by atoms with Crippen LogP contribution in [0.3, 0.4) is 0 Å². The maximum absolute atomic E-state index is 13.2. The summed E-state index contributed by atoms with van der Waals surface area (Å²) in [6.07, 6.45) is 1.37. The number of halogens is 2. The van der Waals surface area contributed by atoms with E-state index in [-0.39, 0.29) is 17.2 Å². The summed E-state index contributed by atoms with van der Waals surface area (Å²) in [6, 6.07) is 3.60. The van der Waals surface area contributed by atoms with Crippen LogP contribution >= 0.6 is 0 Å². The molecule has 0 unspecified atom stereocenters. The highest BCUT2D eigenvalue weighted by molar-refractivity contribution is 5.18. The van der Waals surface area contributed by atoms with E-state index in [9.17, 15) is 8.78 Å². The highest BCUT2D eigenvalue weighted by Gasteiger charge is 2.08. The first-order valence-corrected chi connectivity index (χ1v) is 5.57. The van der Waals surface area contributed by atoms with Gasteiger partial charge in [0.1, 0.15) is 11.6 Å². The minimum Gasteiger partial charge on any atom is -0.312 e. The Labute approximate surface area is 95.9 Å². The number of aryl methyl sites for hydroxylation is 1. The Bertz CT molecular complexity index is 342. The van der Waals surface area contributed by atoms with Crippen LogP contribution in [-0.4, -0.2) is 12.1 Å². The summed E-state index contributed by atoms with van der Waals surface area (Å²) in [5.74, 6) is -0.697. The molecule has 1 aromatic carbocycles. The van der Waals surface area contributed by atoms with Gasteiger partial charge in [0.2, 0.25) is 0 Å². The van der Waals surface area contributed by atoms with Gasteiger partial charge in [0.25, 0.3) is 0 Å². The van der Waals surface area contributed by atoms with Crippen molar-refractivity contribution >= 4 is 0 Å². The fourth-order valence-corrected chi connectivity index (χ4v) is 1.48. The fourth-order valence-electron chi connectivity index (χ4n) is 1.48. The van der Waals surface area contributed by atoms with Crippen LogP contribution in [0, 0.1) is 11.6 Å². The van der Waals surface area contributed by atoms with Gasteiger partial charge in [0.15, 0.2) is 0 Å². The molecule has 0 atom stereocenters. The molecule has 0 radical (unpaired) electrons.